The van der Waals surface area contributed by atoms with Crippen molar-refractivity contribution < 1.29 is 18.8 Å². The molecule has 1 aliphatic rings. The minimum Gasteiger partial charge on any atom is -0.464 e. The van der Waals surface area contributed by atoms with Crippen molar-refractivity contribution in [2.24, 2.45) is 5.92 Å². The number of amides is 1. The van der Waals surface area contributed by atoms with Crippen LogP contribution in [0.25, 0.3) is 0 Å². The van der Waals surface area contributed by atoms with E-state index < -0.39 is 20.3 Å². The zero-order valence-corrected chi connectivity index (χ0v) is 14.6. The molecule has 1 saturated heterocycles. The summed E-state index contributed by atoms with van der Waals surface area (Å²) in [5.74, 6) is -0.944. The maximum absolute atomic E-state index is 11.8. The Bertz CT molecular complexity index is 389. The fourth-order valence-corrected chi connectivity index (χ4v) is 3.46. The van der Waals surface area contributed by atoms with Gasteiger partial charge in [0.25, 0.3) is 0 Å². The number of nitrogens with one attached hydrogen (secondary N) is 1. The zero-order valence-electron chi connectivity index (χ0n) is 13.6. The molecule has 1 amide bonds. The third-order valence-corrected chi connectivity index (χ3v) is 8.87. The Hall–Kier alpha value is -0.883. The average molecular weight is 301 g/mol. The molecule has 0 aromatic rings. The number of ether oxygens (including phenoxy) is 1. The highest BCUT2D eigenvalue weighted by atomic mass is 28.4. The van der Waals surface area contributed by atoms with Crippen LogP contribution in [0.5, 0.6) is 0 Å². The summed E-state index contributed by atoms with van der Waals surface area (Å²) in [4.78, 5) is 23.5. The summed E-state index contributed by atoms with van der Waals surface area (Å²) in [5, 5.41) is 2.68. The maximum Gasteiger partial charge on any atom is 0.329 e. The summed E-state index contributed by atoms with van der Waals surface area (Å²) in [6, 6.07) is -0.567. The van der Waals surface area contributed by atoms with Gasteiger partial charge in [-0.15, -0.1) is 0 Å². The van der Waals surface area contributed by atoms with E-state index in [0.717, 1.165) is 0 Å². The number of hydrogen-bond acceptors (Lipinski definition) is 4. The van der Waals surface area contributed by atoms with Crippen LogP contribution in [0.4, 0.5) is 0 Å². The third-order valence-electron chi connectivity index (χ3n) is 4.29. The van der Waals surface area contributed by atoms with Crippen LogP contribution in [0.3, 0.4) is 0 Å². The summed E-state index contributed by atoms with van der Waals surface area (Å²) in [6.07, 6.45) is -0.279. The monoisotopic (exact) mass is 301 g/mol. The summed E-state index contributed by atoms with van der Waals surface area (Å²) in [6.45, 7) is 14.7. The van der Waals surface area contributed by atoms with E-state index in [1.807, 2.05) is 6.92 Å². The molecule has 1 fully saturated rings. The molecule has 0 saturated carbocycles. The van der Waals surface area contributed by atoms with Gasteiger partial charge in [-0.25, -0.2) is 4.79 Å². The van der Waals surface area contributed by atoms with Gasteiger partial charge in [0.2, 0.25) is 5.91 Å². The number of rotatable bonds is 5. The third kappa shape index (κ3) is 3.41. The van der Waals surface area contributed by atoms with Gasteiger partial charge in [-0.1, -0.05) is 20.8 Å². The molecular weight excluding hydrogens is 274 g/mol. The number of carbonyl (C=O) groups is 2. The predicted octanol–water partition coefficient (Wildman–Crippen LogP) is 2.07. The van der Waals surface area contributed by atoms with Crippen LogP contribution in [-0.4, -0.2) is 38.9 Å². The molecule has 1 rings (SSSR count). The number of β-lactam (4-membered cyclic amide) rings is 1. The lowest BCUT2D eigenvalue weighted by Crippen LogP contribution is -2.67. The van der Waals surface area contributed by atoms with Gasteiger partial charge in [-0.3, -0.25) is 4.79 Å². The van der Waals surface area contributed by atoms with E-state index in [9.17, 15) is 9.59 Å². The molecule has 1 heterocycles. The Morgan fingerprint density at radius 1 is 1.40 bits per heavy atom. The number of esters is 1. The van der Waals surface area contributed by atoms with Crippen molar-refractivity contribution in [2.75, 3.05) is 6.61 Å². The first-order chi connectivity index (χ1) is 9.01. The second kappa shape index (κ2) is 5.85. The van der Waals surface area contributed by atoms with Gasteiger partial charge in [0.15, 0.2) is 8.32 Å². The first-order valence-electron chi connectivity index (χ1n) is 7.16. The Morgan fingerprint density at radius 2 is 1.95 bits per heavy atom. The van der Waals surface area contributed by atoms with E-state index in [-0.39, 0.29) is 23.0 Å². The average Bonchev–Trinajstić information content (AvgIpc) is 2.23. The van der Waals surface area contributed by atoms with Gasteiger partial charge in [0.05, 0.1) is 18.6 Å². The van der Waals surface area contributed by atoms with Gasteiger partial charge in [0.1, 0.15) is 6.04 Å². The van der Waals surface area contributed by atoms with E-state index in [2.05, 4.69) is 39.2 Å². The lowest BCUT2D eigenvalue weighted by atomic mass is 9.86. The molecule has 1 N–H and O–H groups in total. The minimum atomic E-state index is -1.96. The van der Waals surface area contributed by atoms with Crippen molar-refractivity contribution in [1.29, 1.82) is 0 Å². The number of carbonyl (C=O) groups excluding carboxylic acids is 2. The van der Waals surface area contributed by atoms with Crippen LogP contribution < -0.4 is 5.32 Å². The van der Waals surface area contributed by atoms with Crippen molar-refractivity contribution in [3.8, 4) is 0 Å². The SMILES string of the molecule is CCOC(=O)[C@H]1NC(=O)[C@@H]1[C@H](C)O[Si](C)(C)C(C)(C)C. The first-order valence-corrected chi connectivity index (χ1v) is 10.1. The molecule has 0 bridgehead atoms. The summed E-state index contributed by atoms with van der Waals surface area (Å²) < 4.78 is 11.2. The van der Waals surface area contributed by atoms with Gasteiger partial charge >= 0.3 is 5.97 Å². The minimum absolute atomic E-state index is 0.0703. The predicted molar refractivity (Wildman–Crippen MR) is 79.8 cm³/mol. The second-order valence-electron chi connectivity index (χ2n) is 6.85. The van der Waals surface area contributed by atoms with Crippen LogP contribution in [0.15, 0.2) is 0 Å². The standard InChI is InChI=1S/C14H27NO4Si/c1-8-18-13(17)11-10(12(16)15-11)9(2)19-20(6,7)14(3,4)5/h9-11H,8H2,1-7H3,(H,15,16)/t9-,10+,11-/m0/s1. The van der Waals surface area contributed by atoms with Gasteiger partial charge < -0.3 is 14.5 Å². The van der Waals surface area contributed by atoms with E-state index in [1.165, 1.54) is 0 Å². The Labute approximate surface area is 122 Å². The molecule has 20 heavy (non-hydrogen) atoms. The van der Waals surface area contributed by atoms with Gasteiger partial charge in [-0.2, -0.15) is 0 Å². The zero-order chi connectivity index (χ0) is 15.7. The highest BCUT2D eigenvalue weighted by Crippen LogP contribution is 2.39. The smallest absolute Gasteiger partial charge is 0.329 e. The van der Waals surface area contributed by atoms with E-state index >= 15 is 0 Å². The Kier molecular flexibility index (Phi) is 5.02. The van der Waals surface area contributed by atoms with Crippen molar-refractivity contribution in [1.82, 2.24) is 5.32 Å². The quantitative estimate of drug-likeness (QED) is 0.480. The highest BCUT2D eigenvalue weighted by molar-refractivity contribution is 6.74. The fraction of sp³-hybridized carbons (Fsp3) is 0.857. The molecule has 0 aromatic heterocycles. The van der Waals surface area contributed by atoms with Crippen LogP contribution in [0.1, 0.15) is 34.6 Å². The number of hydrogen-bond donors (Lipinski definition) is 1. The summed E-state index contributed by atoms with van der Waals surface area (Å²) >= 11 is 0. The Morgan fingerprint density at radius 3 is 2.35 bits per heavy atom. The van der Waals surface area contributed by atoms with Gasteiger partial charge in [0, 0.05) is 0 Å². The second-order valence-corrected chi connectivity index (χ2v) is 11.6. The molecule has 3 atom stereocenters. The molecule has 0 unspecified atom stereocenters. The molecule has 116 valence electrons. The molecule has 6 heteroatoms. The van der Waals surface area contributed by atoms with Gasteiger partial charge in [-0.05, 0) is 32.0 Å². The van der Waals surface area contributed by atoms with E-state index in [4.69, 9.17) is 9.16 Å². The molecule has 0 radical (unpaired) electrons. The molecule has 0 spiro atoms. The molecule has 0 aliphatic carbocycles. The van der Waals surface area contributed by atoms with E-state index in [0.29, 0.717) is 6.61 Å². The van der Waals surface area contributed by atoms with Crippen LogP contribution >= 0.6 is 0 Å². The van der Waals surface area contributed by atoms with Crippen molar-refractivity contribution in [2.45, 2.75) is 64.9 Å². The largest absolute Gasteiger partial charge is 0.464 e. The van der Waals surface area contributed by atoms with Crippen LogP contribution in [-0.2, 0) is 18.8 Å². The van der Waals surface area contributed by atoms with Crippen LogP contribution in [0, 0.1) is 5.92 Å². The Balaban J connectivity index is 2.73. The molecule has 5 nitrogen and oxygen atoms in total. The first kappa shape index (κ1) is 17.2. The molecule has 1 aliphatic heterocycles. The van der Waals surface area contributed by atoms with Crippen LogP contribution in [0.2, 0.25) is 18.1 Å². The van der Waals surface area contributed by atoms with Crippen molar-refractivity contribution >= 4 is 20.2 Å². The fourth-order valence-electron chi connectivity index (χ4n) is 2.03. The topological polar surface area (TPSA) is 64.6 Å². The van der Waals surface area contributed by atoms with Crippen molar-refractivity contribution in [3.05, 3.63) is 0 Å². The van der Waals surface area contributed by atoms with E-state index in [1.54, 1.807) is 6.92 Å². The maximum atomic E-state index is 11.8. The van der Waals surface area contributed by atoms with Crippen molar-refractivity contribution in [3.63, 3.8) is 0 Å². The normalized spacial score (nSPS) is 24.6. The lowest BCUT2D eigenvalue weighted by Gasteiger charge is -2.44. The lowest BCUT2D eigenvalue weighted by molar-refractivity contribution is -0.161. The summed E-state index contributed by atoms with van der Waals surface area (Å²) in [5.41, 5.74) is 0. The highest BCUT2D eigenvalue weighted by Gasteiger charge is 2.50. The molecule has 0 aromatic carbocycles. The molecular formula is C14H27NO4Si. The summed E-state index contributed by atoms with van der Waals surface area (Å²) in [7, 11) is -1.96.